The lowest BCUT2D eigenvalue weighted by Gasteiger charge is -2.22. The Morgan fingerprint density at radius 3 is 2.50 bits per heavy atom. The number of sulfonamides is 1. The Hall–Kier alpha value is -3.42. The van der Waals surface area contributed by atoms with Gasteiger partial charge in [-0.05, 0) is 24.3 Å². The van der Waals surface area contributed by atoms with Crippen LogP contribution in [-0.2, 0) is 10.0 Å². The number of amides is 1. The Kier molecular flexibility index (Phi) is 4.69. The maximum atomic E-state index is 12.7. The predicted molar refractivity (Wildman–Crippen MR) is 117 cm³/mol. The van der Waals surface area contributed by atoms with Crippen LogP contribution in [0, 0.1) is 0 Å². The molecule has 4 N–H and O–H groups in total. The number of amidine groups is 1. The maximum absolute atomic E-state index is 12.7. The van der Waals surface area contributed by atoms with Gasteiger partial charge in [0.25, 0.3) is 15.9 Å². The molecule has 164 valence electrons. The van der Waals surface area contributed by atoms with E-state index in [1.165, 1.54) is 23.3 Å². The smallest absolute Gasteiger partial charge is 0.269 e. The van der Waals surface area contributed by atoms with Gasteiger partial charge in [-0.3, -0.25) is 19.8 Å². The Morgan fingerprint density at radius 1 is 1.03 bits per heavy atom. The summed E-state index contributed by atoms with van der Waals surface area (Å²) in [6.07, 6.45) is 0.195. The zero-order valence-corrected chi connectivity index (χ0v) is 18.0. The first kappa shape index (κ1) is 20.5. The predicted octanol–water partition coefficient (Wildman–Crippen LogP) is 1.06. The molecule has 2 aromatic carbocycles. The fourth-order valence-electron chi connectivity index (χ4n) is 3.74. The Morgan fingerprint density at radius 2 is 1.75 bits per heavy atom. The number of thioether (sulfide) groups is 1. The standard InChI is InChI=1S/C19H16N6O5S2/c20-11-5-6-12(17-14(27)8-7-13(26)16(11)17)25-22-19(21-23-25)31-9-24-18(28)10-3-1-2-4-15(10)32(24,29)30/h1-6,23H,7-9,20H2,(H,21,22). The van der Waals surface area contributed by atoms with Gasteiger partial charge in [0.15, 0.2) is 16.7 Å². The van der Waals surface area contributed by atoms with Gasteiger partial charge in [0.2, 0.25) is 0 Å². The number of ketones is 2. The molecule has 0 atom stereocenters. The molecular formula is C19H16N6O5S2. The quantitative estimate of drug-likeness (QED) is 0.552. The van der Waals surface area contributed by atoms with Crippen molar-refractivity contribution in [3.05, 3.63) is 53.1 Å². The van der Waals surface area contributed by atoms with Gasteiger partial charge < -0.3 is 5.73 Å². The minimum absolute atomic E-state index is 0.0247. The highest BCUT2D eigenvalue weighted by molar-refractivity contribution is 8.14. The summed E-state index contributed by atoms with van der Waals surface area (Å²) in [5, 5.41) is 5.83. The molecule has 11 nitrogen and oxygen atoms in total. The molecular weight excluding hydrogens is 456 g/mol. The first-order valence-corrected chi connectivity index (χ1v) is 11.9. The molecule has 1 amide bonds. The molecule has 0 fully saturated rings. The van der Waals surface area contributed by atoms with E-state index >= 15 is 0 Å². The SMILES string of the molecule is Nc1ccc(N2N=C(SCN3C(=O)c4ccccc4S3(=O)=O)NN2)c2c1C(=O)CCC2=O. The molecule has 1 aliphatic carbocycles. The number of hydrogen-bond acceptors (Lipinski definition) is 11. The number of nitrogens with zero attached hydrogens (tertiary/aromatic N) is 3. The number of nitrogen functional groups attached to an aromatic ring is 1. The van der Waals surface area contributed by atoms with E-state index in [-0.39, 0.29) is 62.7 Å². The van der Waals surface area contributed by atoms with Crippen molar-refractivity contribution in [2.75, 3.05) is 16.7 Å². The third-order valence-electron chi connectivity index (χ3n) is 5.27. The molecule has 0 unspecified atom stereocenters. The van der Waals surface area contributed by atoms with Gasteiger partial charge in [0.05, 0.1) is 28.3 Å². The van der Waals surface area contributed by atoms with Gasteiger partial charge in [0, 0.05) is 18.5 Å². The van der Waals surface area contributed by atoms with Crippen molar-refractivity contribution in [3.63, 3.8) is 0 Å². The van der Waals surface area contributed by atoms with Crippen molar-refractivity contribution in [2.45, 2.75) is 17.7 Å². The molecule has 5 rings (SSSR count). The lowest BCUT2D eigenvalue weighted by molar-refractivity contribution is 0.0886. The van der Waals surface area contributed by atoms with Gasteiger partial charge in [0.1, 0.15) is 4.90 Å². The maximum Gasteiger partial charge on any atom is 0.269 e. The third-order valence-corrected chi connectivity index (χ3v) is 8.07. The Labute approximate surface area is 186 Å². The van der Waals surface area contributed by atoms with E-state index in [4.69, 9.17) is 5.73 Å². The highest BCUT2D eigenvalue weighted by Crippen LogP contribution is 2.35. The Bertz CT molecular complexity index is 1340. The summed E-state index contributed by atoms with van der Waals surface area (Å²) < 4.78 is 26.1. The van der Waals surface area contributed by atoms with E-state index in [0.29, 0.717) is 5.69 Å². The number of benzene rings is 2. The molecule has 0 saturated heterocycles. The summed E-state index contributed by atoms with van der Waals surface area (Å²) in [7, 11) is -3.93. The molecule has 0 saturated carbocycles. The normalized spacial score (nSPS) is 19.0. The van der Waals surface area contributed by atoms with Crippen molar-refractivity contribution in [1.29, 1.82) is 0 Å². The molecule has 32 heavy (non-hydrogen) atoms. The zero-order valence-electron chi connectivity index (χ0n) is 16.4. The molecule has 0 aromatic heterocycles. The molecule has 0 radical (unpaired) electrons. The summed E-state index contributed by atoms with van der Waals surface area (Å²) in [6.45, 7) is 0. The molecule has 0 spiro atoms. The van der Waals surface area contributed by atoms with E-state index < -0.39 is 15.9 Å². The van der Waals surface area contributed by atoms with Crippen LogP contribution in [0.25, 0.3) is 0 Å². The van der Waals surface area contributed by atoms with Crippen LogP contribution < -0.4 is 21.8 Å². The number of carbonyl (C=O) groups excluding carboxylic acids is 3. The average molecular weight is 473 g/mol. The van der Waals surface area contributed by atoms with Crippen molar-refractivity contribution < 1.29 is 22.8 Å². The number of Topliss-reactive ketones (excluding diaryl/α,β-unsaturated/α-hetero) is 2. The summed E-state index contributed by atoms with van der Waals surface area (Å²) in [5.74, 6) is -1.23. The molecule has 13 heteroatoms. The number of nitrogens with two attached hydrogens (primary N) is 1. The number of nitrogens with one attached hydrogen (secondary N) is 2. The lowest BCUT2D eigenvalue weighted by atomic mass is 9.87. The number of hydrazine groups is 2. The van der Waals surface area contributed by atoms with E-state index in [1.807, 2.05) is 0 Å². The topological polar surface area (TPSA) is 154 Å². The van der Waals surface area contributed by atoms with Crippen molar-refractivity contribution in [2.24, 2.45) is 5.10 Å². The summed E-state index contributed by atoms with van der Waals surface area (Å²) >= 11 is 0.982. The largest absolute Gasteiger partial charge is 0.398 e. The van der Waals surface area contributed by atoms with Crippen LogP contribution in [0.2, 0.25) is 0 Å². The van der Waals surface area contributed by atoms with Crippen molar-refractivity contribution >= 4 is 55.8 Å². The van der Waals surface area contributed by atoms with Crippen molar-refractivity contribution in [3.8, 4) is 0 Å². The van der Waals surface area contributed by atoms with Gasteiger partial charge in [-0.25, -0.2) is 12.7 Å². The van der Waals surface area contributed by atoms with Crippen LogP contribution in [0.5, 0.6) is 0 Å². The summed E-state index contributed by atoms with van der Waals surface area (Å²) in [6, 6.07) is 9.12. The number of carbonyl (C=O) groups is 3. The van der Waals surface area contributed by atoms with Gasteiger partial charge in [-0.2, -0.15) is 5.12 Å². The van der Waals surface area contributed by atoms with Crippen LogP contribution >= 0.6 is 11.8 Å². The van der Waals surface area contributed by atoms with Crippen LogP contribution in [0.1, 0.15) is 43.9 Å². The van der Waals surface area contributed by atoms with Crippen LogP contribution in [0.3, 0.4) is 0 Å². The zero-order chi connectivity index (χ0) is 22.6. The van der Waals surface area contributed by atoms with E-state index in [0.717, 1.165) is 16.1 Å². The van der Waals surface area contributed by atoms with Crippen LogP contribution in [-0.4, -0.2) is 41.2 Å². The number of hydrogen-bond donors (Lipinski definition) is 3. The minimum Gasteiger partial charge on any atom is -0.398 e. The van der Waals surface area contributed by atoms with E-state index in [9.17, 15) is 22.8 Å². The van der Waals surface area contributed by atoms with Crippen molar-refractivity contribution in [1.82, 2.24) is 15.3 Å². The molecule has 2 aromatic rings. The number of rotatable bonds is 3. The molecule has 2 aliphatic heterocycles. The minimum atomic E-state index is -3.93. The highest BCUT2D eigenvalue weighted by atomic mass is 32.2. The van der Waals surface area contributed by atoms with E-state index in [1.54, 1.807) is 18.2 Å². The number of fused-ring (bicyclic) bond motifs is 2. The van der Waals surface area contributed by atoms with Crippen LogP contribution in [0.4, 0.5) is 11.4 Å². The summed E-state index contributed by atoms with van der Waals surface area (Å²) in [4.78, 5) is 37.3. The third kappa shape index (κ3) is 3.04. The van der Waals surface area contributed by atoms with Gasteiger partial charge in [-0.15, -0.1) is 10.6 Å². The number of hydrazone groups is 1. The second kappa shape index (κ2) is 7.32. The number of anilines is 2. The summed E-state index contributed by atoms with van der Waals surface area (Å²) in [5.41, 5.74) is 12.5. The molecule has 2 heterocycles. The van der Waals surface area contributed by atoms with Crippen LogP contribution in [0.15, 0.2) is 46.4 Å². The van der Waals surface area contributed by atoms with E-state index in [2.05, 4.69) is 16.1 Å². The second-order valence-corrected chi connectivity index (χ2v) is 9.92. The lowest BCUT2D eigenvalue weighted by Crippen LogP contribution is -2.39. The first-order chi connectivity index (χ1) is 15.3. The second-order valence-electron chi connectivity index (χ2n) is 7.15. The molecule has 0 bridgehead atoms. The highest BCUT2D eigenvalue weighted by Gasteiger charge is 2.41. The molecule has 3 aliphatic rings. The first-order valence-electron chi connectivity index (χ1n) is 9.47. The fourth-order valence-corrected chi connectivity index (χ4v) is 6.31. The van der Waals surface area contributed by atoms with Gasteiger partial charge in [-0.1, -0.05) is 23.9 Å². The monoisotopic (exact) mass is 472 g/mol. The average Bonchev–Trinajstić information content (AvgIpc) is 3.31. The Balaban J connectivity index is 1.38. The van der Waals surface area contributed by atoms with Gasteiger partial charge >= 0.3 is 0 Å². The fraction of sp³-hybridized carbons (Fsp3) is 0.158.